The molecule has 140 valence electrons. The summed E-state index contributed by atoms with van der Waals surface area (Å²) >= 11 is 0. The van der Waals surface area contributed by atoms with Crippen molar-refractivity contribution < 1.29 is 18.0 Å². The standard InChI is InChI=1S/C18H21F3N4O/c1-25(2)8-4-7-23-16-9-13(11-22-12-16)17(26)24-15-6-3-5-14(10-15)18(19,20)21/h3,5-6,9-12,23H,4,7-8H2,1-2H3,(H,24,26). The Morgan fingerprint density at radius 2 is 1.92 bits per heavy atom. The van der Waals surface area contributed by atoms with Gasteiger partial charge in [-0.2, -0.15) is 13.2 Å². The molecule has 1 heterocycles. The Hall–Kier alpha value is -2.61. The first-order chi connectivity index (χ1) is 12.3. The zero-order chi connectivity index (χ0) is 19.2. The summed E-state index contributed by atoms with van der Waals surface area (Å²) in [5.41, 5.74) is 0.208. The zero-order valence-corrected chi connectivity index (χ0v) is 14.6. The maximum atomic E-state index is 12.7. The lowest BCUT2D eigenvalue weighted by Crippen LogP contribution is -2.17. The molecule has 0 aliphatic rings. The SMILES string of the molecule is CN(C)CCCNc1cncc(C(=O)Nc2cccc(C(F)(F)F)c2)c1. The van der Waals surface area contributed by atoms with Crippen LogP contribution in [0.3, 0.4) is 0 Å². The van der Waals surface area contributed by atoms with Gasteiger partial charge in [0, 0.05) is 24.6 Å². The minimum absolute atomic E-state index is 0.0779. The van der Waals surface area contributed by atoms with E-state index in [4.69, 9.17) is 0 Å². The van der Waals surface area contributed by atoms with E-state index in [1.54, 1.807) is 12.3 Å². The molecule has 1 aromatic heterocycles. The Bertz CT molecular complexity index is 747. The van der Waals surface area contributed by atoms with Crippen LogP contribution in [0.5, 0.6) is 0 Å². The normalized spacial score (nSPS) is 11.5. The average molecular weight is 366 g/mol. The van der Waals surface area contributed by atoms with Gasteiger partial charge in [0.25, 0.3) is 5.91 Å². The van der Waals surface area contributed by atoms with Crippen molar-refractivity contribution in [1.29, 1.82) is 0 Å². The Morgan fingerprint density at radius 3 is 2.62 bits per heavy atom. The monoisotopic (exact) mass is 366 g/mol. The number of amides is 1. The smallest absolute Gasteiger partial charge is 0.384 e. The van der Waals surface area contributed by atoms with Gasteiger partial charge in [-0.3, -0.25) is 9.78 Å². The van der Waals surface area contributed by atoms with Gasteiger partial charge >= 0.3 is 6.18 Å². The fourth-order valence-electron chi connectivity index (χ4n) is 2.27. The van der Waals surface area contributed by atoms with E-state index in [1.165, 1.54) is 18.3 Å². The second-order valence-electron chi connectivity index (χ2n) is 6.08. The summed E-state index contributed by atoms with van der Waals surface area (Å²) in [7, 11) is 3.97. The molecule has 2 aromatic rings. The number of anilines is 2. The molecule has 5 nitrogen and oxygen atoms in total. The number of halogens is 3. The molecular weight excluding hydrogens is 345 g/mol. The lowest BCUT2D eigenvalue weighted by atomic mass is 10.2. The number of rotatable bonds is 7. The number of alkyl halides is 3. The van der Waals surface area contributed by atoms with Crippen molar-refractivity contribution in [2.75, 3.05) is 37.8 Å². The first-order valence-corrected chi connectivity index (χ1v) is 8.08. The third-order valence-corrected chi connectivity index (χ3v) is 3.56. The van der Waals surface area contributed by atoms with Gasteiger partial charge in [0.05, 0.1) is 16.8 Å². The Balaban J connectivity index is 2.00. The summed E-state index contributed by atoms with van der Waals surface area (Å²) in [5.74, 6) is -0.520. The van der Waals surface area contributed by atoms with Crippen LogP contribution in [-0.2, 0) is 6.18 Å². The van der Waals surface area contributed by atoms with E-state index in [1.807, 2.05) is 14.1 Å². The molecule has 8 heteroatoms. The maximum Gasteiger partial charge on any atom is 0.416 e. The van der Waals surface area contributed by atoms with Crippen LogP contribution in [-0.4, -0.2) is 43.0 Å². The van der Waals surface area contributed by atoms with E-state index < -0.39 is 17.6 Å². The van der Waals surface area contributed by atoms with E-state index in [0.717, 1.165) is 31.6 Å². The highest BCUT2D eigenvalue weighted by Gasteiger charge is 2.30. The van der Waals surface area contributed by atoms with Gasteiger partial charge in [-0.25, -0.2) is 0 Å². The quantitative estimate of drug-likeness (QED) is 0.734. The van der Waals surface area contributed by atoms with Crippen molar-refractivity contribution in [3.63, 3.8) is 0 Å². The number of nitrogens with one attached hydrogen (secondary N) is 2. The fraction of sp³-hybridized carbons (Fsp3) is 0.333. The number of carbonyl (C=O) groups is 1. The molecule has 2 N–H and O–H groups in total. The van der Waals surface area contributed by atoms with Crippen LogP contribution in [0.25, 0.3) is 0 Å². The van der Waals surface area contributed by atoms with Gasteiger partial charge in [0.2, 0.25) is 0 Å². The number of hydrogen-bond acceptors (Lipinski definition) is 4. The summed E-state index contributed by atoms with van der Waals surface area (Å²) in [6, 6.07) is 6.12. The minimum atomic E-state index is -4.46. The number of hydrogen-bond donors (Lipinski definition) is 2. The molecule has 0 aliphatic carbocycles. The first-order valence-electron chi connectivity index (χ1n) is 8.08. The van der Waals surface area contributed by atoms with Crippen LogP contribution in [0, 0.1) is 0 Å². The van der Waals surface area contributed by atoms with Crippen LogP contribution in [0.1, 0.15) is 22.3 Å². The number of aromatic nitrogens is 1. The molecule has 0 unspecified atom stereocenters. The van der Waals surface area contributed by atoms with Crippen LogP contribution >= 0.6 is 0 Å². The summed E-state index contributed by atoms with van der Waals surface area (Å²) in [5, 5.41) is 5.64. The molecule has 26 heavy (non-hydrogen) atoms. The molecule has 0 atom stereocenters. The Labute approximate surface area is 150 Å². The van der Waals surface area contributed by atoms with E-state index in [2.05, 4.69) is 20.5 Å². The predicted octanol–water partition coefficient (Wildman–Crippen LogP) is 3.72. The lowest BCUT2D eigenvalue weighted by Gasteiger charge is -2.12. The van der Waals surface area contributed by atoms with Crippen molar-refractivity contribution in [3.05, 3.63) is 53.9 Å². The summed E-state index contributed by atoms with van der Waals surface area (Å²) in [6.45, 7) is 1.65. The highest BCUT2D eigenvalue weighted by molar-refractivity contribution is 6.04. The zero-order valence-electron chi connectivity index (χ0n) is 14.6. The van der Waals surface area contributed by atoms with Gasteiger partial charge in [0.1, 0.15) is 0 Å². The van der Waals surface area contributed by atoms with E-state index >= 15 is 0 Å². The largest absolute Gasteiger partial charge is 0.416 e. The highest BCUT2D eigenvalue weighted by atomic mass is 19.4. The summed E-state index contributed by atoms with van der Waals surface area (Å²) in [4.78, 5) is 18.4. The molecule has 1 aromatic carbocycles. The van der Waals surface area contributed by atoms with Gasteiger partial charge in [-0.15, -0.1) is 0 Å². The molecule has 0 fully saturated rings. The van der Waals surface area contributed by atoms with E-state index in [-0.39, 0.29) is 11.3 Å². The molecule has 0 bridgehead atoms. The van der Waals surface area contributed by atoms with Crippen LogP contribution < -0.4 is 10.6 Å². The number of benzene rings is 1. The minimum Gasteiger partial charge on any atom is -0.384 e. The Morgan fingerprint density at radius 1 is 1.15 bits per heavy atom. The van der Waals surface area contributed by atoms with Crippen molar-refractivity contribution in [1.82, 2.24) is 9.88 Å². The fourth-order valence-corrected chi connectivity index (χ4v) is 2.27. The van der Waals surface area contributed by atoms with Crippen molar-refractivity contribution in [3.8, 4) is 0 Å². The molecule has 0 aliphatic heterocycles. The van der Waals surface area contributed by atoms with Crippen molar-refractivity contribution in [2.45, 2.75) is 12.6 Å². The highest BCUT2D eigenvalue weighted by Crippen LogP contribution is 2.30. The molecular formula is C18H21F3N4O. The molecule has 1 amide bonds. The maximum absolute atomic E-state index is 12.7. The average Bonchev–Trinajstić information content (AvgIpc) is 2.58. The summed E-state index contributed by atoms with van der Waals surface area (Å²) < 4.78 is 38.2. The van der Waals surface area contributed by atoms with Crippen LogP contribution in [0.4, 0.5) is 24.5 Å². The van der Waals surface area contributed by atoms with Crippen molar-refractivity contribution in [2.24, 2.45) is 0 Å². The molecule has 0 saturated heterocycles. The van der Waals surface area contributed by atoms with Crippen LogP contribution in [0.2, 0.25) is 0 Å². The Kier molecular flexibility index (Phi) is 6.57. The molecule has 0 spiro atoms. The van der Waals surface area contributed by atoms with Crippen molar-refractivity contribution >= 4 is 17.3 Å². The number of carbonyl (C=O) groups excluding carboxylic acids is 1. The third kappa shape index (κ3) is 6.03. The predicted molar refractivity (Wildman–Crippen MR) is 95.3 cm³/mol. The molecule has 0 saturated carbocycles. The van der Waals surface area contributed by atoms with Crippen LogP contribution in [0.15, 0.2) is 42.7 Å². The first kappa shape index (κ1) is 19.7. The number of nitrogens with zero attached hydrogens (tertiary/aromatic N) is 2. The second-order valence-corrected chi connectivity index (χ2v) is 6.08. The topological polar surface area (TPSA) is 57.3 Å². The molecule has 2 rings (SSSR count). The number of pyridine rings is 1. The van der Waals surface area contributed by atoms with Gasteiger partial charge in [-0.05, 0) is 51.3 Å². The third-order valence-electron chi connectivity index (χ3n) is 3.56. The van der Waals surface area contributed by atoms with Gasteiger partial charge < -0.3 is 15.5 Å². The van der Waals surface area contributed by atoms with Gasteiger partial charge in [0.15, 0.2) is 0 Å². The summed E-state index contributed by atoms with van der Waals surface area (Å²) in [6.07, 6.45) is -0.572. The molecule has 0 radical (unpaired) electrons. The second kappa shape index (κ2) is 8.66. The van der Waals surface area contributed by atoms with E-state index in [0.29, 0.717) is 5.69 Å². The van der Waals surface area contributed by atoms with E-state index in [9.17, 15) is 18.0 Å². The lowest BCUT2D eigenvalue weighted by molar-refractivity contribution is -0.137. The van der Waals surface area contributed by atoms with Gasteiger partial charge in [-0.1, -0.05) is 6.07 Å².